The number of anilines is 1. The molecule has 1 saturated heterocycles. The zero-order valence-electron chi connectivity index (χ0n) is 10.8. The maximum atomic E-state index is 5.94. The monoisotopic (exact) mass is 277 g/mol. The second kappa shape index (κ2) is 5.31. The number of morpholine rings is 1. The third-order valence-corrected chi connectivity index (χ3v) is 3.71. The van der Waals surface area contributed by atoms with Gasteiger partial charge in [-0.15, -0.1) is 11.6 Å². The molecule has 1 aliphatic rings. The van der Waals surface area contributed by atoms with Gasteiger partial charge in [0.05, 0.1) is 35.5 Å². The van der Waals surface area contributed by atoms with E-state index in [2.05, 4.69) is 28.1 Å². The van der Waals surface area contributed by atoms with E-state index in [0.29, 0.717) is 5.88 Å². The predicted molar refractivity (Wildman–Crippen MR) is 76.8 cm³/mol. The van der Waals surface area contributed by atoms with Crippen LogP contribution in [0.1, 0.15) is 6.92 Å². The summed E-state index contributed by atoms with van der Waals surface area (Å²) in [7, 11) is 0. The van der Waals surface area contributed by atoms with Crippen LogP contribution in [0.4, 0.5) is 5.69 Å². The molecule has 1 aliphatic heterocycles. The molecule has 0 N–H and O–H groups in total. The largest absolute Gasteiger partial charge is 0.370 e. The summed E-state index contributed by atoms with van der Waals surface area (Å²) in [6.07, 6.45) is 2.06. The molecule has 100 valence electrons. The molecule has 0 saturated carbocycles. The molecule has 0 aliphatic carbocycles. The standard InChI is InChI=1S/C14H16ClN3O/c1-10-8-18(9-11(6-15)19-10)14-7-16-17-13-5-3-2-4-12(13)14/h2-5,7,10-11H,6,8-9H2,1H3. The van der Waals surface area contributed by atoms with Crippen molar-refractivity contribution in [1.82, 2.24) is 10.2 Å². The van der Waals surface area contributed by atoms with Gasteiger partial charge in [0.25, 0.3) is 0 Å². The summed E-state index contributed by atoms with van der Waals surface area (Å²) in [5, 5.41) is 9.38. The topological polar surface area (TPSA) is 38.2 Å². The SMILES string of the molecule is CC1CN(c2cnnc3ccccc23)CC(CCl)O1. The molecule has 0 spiro atoms. The van der Waals surface area contributed by atoms with E-state index in [-0.39, 0.29) is 12.2 Å². The highest BCUT2D eigenvalue weighted by atomic mass is 35.5. The quantitative estimate of drug-likeness (QED) is 0.791. The molecule has 1 aromatic heterocycles. The van der Waals surface area contributed by atoms with Crippen LogP contribution < -0.4 is 4.90 Å². The molecule has 5 heteroatoms. The molecule has 4 nitrogen and oxygen atoms in total. The van der Waals surface area contributed by atoms with Crippen molar-refractivity contribution in [3.05, 3.63) is 30.5 Å². The number of hydrogen-bond donors (Lipinski definition) is 0. The lowest BCUT2D eigenvalue weighted by Gasteiger charge is -2.37. The molecule has 2 aromatic rings. The zero-order valence-corrected chi connectivity index (χ0v) is 11.5. The Morgan fingerprint density at radius 2 is 2.21 bits per heavy atom. The van der Waals surface area contributed by atoms with Crippen LogP contribution in [0.3, 0.4) is 0 Å². The molecule has 1 fully saturated rings. The average molecular weight is 278 g/mol. The minimum absolute atomic E-state index is 0.0670. The van der Waals surface area contributed by atoms with Crippen molar-refractivity contribution in [2.45, 2.75) is 19.1 Å². The number of benzene rings is 1. The number of halogens is 1. The van der Waals surface area contributed by atoms with Gasteiger partial charge in [-0.1, -0.05) is 18.2 Å². The van der Waals surface area contributed by atoms with Gasteiger partial charge in [-0.3, -0.25) is 0 Å². The Bertz CT molecular complexity index is 572. The van der Waals surface area contributed by atoms with Gasteiger partial charge in [-0.25, -0.2) is 0 Å². The first-order valence-electron chi connectivity index (χ1n) is 6.44. The van der Waals surface area contributed by atoms with Crippen molar-refractivity contribution in [3.63, 3.8) is 0 Å². The molecular weight excluding hydrogens is 262 g/mol. The molecule has 2 atom stereocenters. The van der Waals surface area contributed by atoms with E-state index >= 15 is 0 Å². The van der Waals surface area contributed by atoms with Gasteiger partial charge in [0, 0.05) is 18.5 Å². The molecule has 0 bridgehead atoms. The van der Waals surface area contributed by atoms with Crippen molar-refractivity contribution in [1.29, 1.82) is 0 Å². The first-order valence-corrected chi connectivity index (χ1v) is 6.98. The molecule has 2 unspecified atom stereocenters. The predicted octanol–water partition coefficient (Wildman–Crippen LogP) is 2.46. The summed E-state index contributed by atoms with van der Waals surface area (Å²) in [6, 6.07) is 8.06. The maximum Gasteiger partial charge on any atom is 0.0950 e. The van der Waals surface area contributed by atoms with Crippen LogP contribution in [-0.2, 0) is 4.74 Å². The van der Waals surface area contributed by atoms with Gasteiger partial charge in [-0.2, -0.15) is 10.2 Å². The smallest absolute Gasteiger partial charge is 0.0950 e. The third kappa shape index (κ3) is 2.51. The fraction of sp³-hybridized carbons (Fsp3) is 0.429. The van der Waals surface area contributed by atoms with Gasteiger partial charge in [-0.05, 0) is 13.0 Å². The molecule has 1 aromatic carbocycles. The van der Waals surface area contributed by atoms with E-state index in [1.807, 2.05) is 24.4 Å². The van der Waals surface area contributed by atoms with Gasteiger partial charge in [0.15, 0.2) is 0 Å². The van der Waals surface area contributed by atoms with Crippen LogP contribution in [0.15, 0.2) is 30.5 Å². The summed E-state index contributed by atoms with van der Waals surface area (Å²) >= 11 is 5.94. The summed E-state index contributed by atoms with van der Waals surface area (Å²) in [4.78, 5) is 2.29. The summed E-state index contributed by atoms with van der Waals surface area (Å²) in [5.74, 6) is 0.511. The normalized spacial score (nSPS) is 23.8. The first-order chi connectivity index (χ1) is 9.28. The Morgan fingerprint density at radius 1 is 1.37 bits per heavy atom. The summed E-state index contributed by atoms with van der Waals surface area (Å²) < 4.78 is 5.79. The fourth-order valence-electron chi connectivity index (χ4n) is 2.57. The van der Waals surface area contributed by atoms with E-state index in [9.17, 15) is 0 Å². The number of hydrogen-bond acceptors (Lipinski definition) is 4. The van der Waals surface area contributed by atoms with Crippen molar-refractivity contribution in [2.75, 3.05) is 23.9 Å². The molecule has 3 rings (SSSR count). The maximum absolute atomic E-state index is 5.94. The number of rotatable bonds is 2. The number of ether oxygens (including phenoxy) is 1. The van der Waals surface area contributed by atoms with Crippen molar-refractivity contribution in [3.8, 4) is 0 Å². The molecule has 0 radical (unpaired) electrons. The van der Waals surface area contributed by atoms with Crippen LogP contribution in [-0.4, -0.2) is 41.4 Å². The second-order valence-electron chi connectivity index (χ2n) is 4.87. The zero-order chi connectivity index (χ0) is 13.2. The second-order valence-corrected chi connectivity index (χ2v) is 5.18. The lowest BCUT2D eigenvalue weighted by Crippen LogP contribution is -2.47. The lowest BCUT2D eigenvalue weighted by atomic mass is 10.1. The highest BCUT2D eigenvalue weighted by molar-refractivity contribution is 6.18. The van der Waals surface area contributed by atoms with E-state index in [1.54, 1.807) is 0 Å². The Balaban J connectivity index is 1.99. The van der Waals surface area contributed by atoms with Gasteiger partial charge >= 0.3 is 0 Å². The van der Waals surface area contributed by atoms with Crippen molar-refractivity contribution in [2.24, 2.45) is 0 Å². The lowest BCUT2D eigenvalue weighted by molar-refractivity contribution is -0.00326. The highest BCUT2D eigenvalue weighted by Crippen LogP contribution is 2.27. The first kappa shape index (κ1) is 12.6. The highest BCUT2D eigenvalue weighted by Gasteiger charge is 2.26. The van der Waals surface area contributed by atoms with Crippen LogP contribution >= 0.6 is 11.6 Å². The minimum Gasteiger partial charge on any atom is -0.370 e. The molecule has 2 heterocycles. The Hall–Kier alpha value is -1.39. The Kier molecular flexibility index (Phi) is 3.53. The van der Waals surface area contributed by atoms with Gasteiger partial charge < -0.3 is 9.64 Å². The number of nitrogens with zero attached hydrogens (tertiary/aromatic N) is 3. The minimum atomic E-state index is 0.0670. The number of alkyl halides is 1. The van der Waals surface area contributed by atoms with Gasteiger partial charge in [0.2, 0.25) is 0 Å². The third-order valence-electron chi connectivity index (χ3n) is 3.36. The van der Waals surface area contributed by atoms with E-state index in [1.165, 1.54) is 0 Å². The number of aromatic nitrogens is 2. The number of fused-ring (bicyclic) bond motifs is 1. The van der Waals surface area contributed by atoms with Crippen LogP contribution in [0.5, 0.6) is 0 Å². The van der Waals surface area contributed by atoms with Crippen molar-refractivity contribution < 1.29 is 4.74 Å². The molecule has 0 amide bonds. The Morgan fingerprint density at radius 3 is 3.05 bits per heavy atom. The van der Waals surface area contributed by atoms with E-state index in [4.69, 9.17) is 16.3 Å². The average Bonchev–Trinajstić information content (AvgIpc) is 2.46. The molecule has 19 heavy (non-hydrogen) atoms. The van der Waals surface area contributed by atoms with Gasteiger partial charge in [0.1, 0.15) is 0 Å². The summed E-state index contributed by atoms with van der Waals surface area (Å²) in [5.41, 5.74) is 2.03. The van der Waals surface area contributed by atoms with E-state index in [0.717, 1.165) is 29.7 Å². The van der Waals surface area contributed by atoms with E-state index < -0.39 is 0 Å². The van der Waals surface area contributed by atoms with Crippen LogP contribution in [0.2, 0.25) is 0 Å². The Labute approximate surface area is 117 Å². The summed E-state index contributed by atoms with van der Waals surface area (Å²) in [6.45, 7) is 3.72. The molecular formula is C14H16ClN3O. The van der Waals surface area contributed by atoms with Crippen molar-refractivity contribution >= 4 is 28.2 Å². The van der Waals surface area contributed by atoms with Crippen LogP contribution in [0.25, 0.3) is 10.9 Å². The van der Waals surface area contributed by atoms with Crippen LogP contribution in [0, 0.1) is 0 Å². The fourth-order valence-corrected chi connectivity index (χ4v) is 2.74.